The average molecular weight is 234 g/mol. The van der Waals surface area contributed by atoms with Gasteiger partial charge in [-0.25, -0.2) is 0 Å². The van der Waals surface area contributed by atoms with E-state index in [2.05, 4.69) is 29.4 Å². The van der Waals surface area contributed by atoms with E-state index in [0.717, 1.165) is 19.6 Å². The molecule has 1 heterocycles. The summed E-state index contributed by atoms with van der Waals surface area (Å²) in [6.45, 7) is 5.86. The maximum atomic E-state index is 8.60. The molecule has 0 aliphatic heterocycles. The molecule has 0 radical (unpaired) electrons. The number of aromatic nitrogens is 2. The molecule has 0 spiro atoms. The summed E-state index contributed by atoms with van der Waals surface area (Å²) in [5.74, 6) is 0.689. The van der Waals surface area contributed by atoms with Crippen LogP contribution < -0.4 is 5.32 Å². The van der Waals surface area contributed by atoms with E-state index in [9.17, 15) is 0 Å². The van der Waals surface area contributed by atoms with Gasteiger partial charge in [-0.3, -0.25) is 0 Å². The van der Waals surface area contributed by atoms with Crippen LogP contribution in [-0.2, 0) is 4.74 Å². The van der Waals surface area contributed by atoms with Crippen LogP contribution in [0.1, 0.15) is 26.0 Å². The van der Waals surface area contributed by atoms with E-state index in [0.29, 0.717) is 11.5 Å². The molecule has 0 saturated heterocycles. The molecule has 0 fully saturated rings. The molecule has 5 nitrogen and oxygen atoms in total. The lowest BCUT2D eigenvalue weighted by molar-refractivity contribution is 0.157. The van der Waals surface area contributed by atoms with Gasteiger partial charge in [-0.05, 0) is 24.0 Å². The van der Waals surface area contributed by atoms with Gasteiger partial charge >= 0.3 is 0 Å². The largest absolute Gasteiger partial charge is 0.385 e. The number of rotatable bonds is 6. The van der Waals surface area contributed by atoms with Gasteiger partial charge in [0.2, 0.25) is 0 Å². The van der Waals surface area contributed by atoms with Crippen molar-refractivity contribution in [2.75, 3.05) is 25.6 Å². The minimum atomic E-state index is 0.131. The van der Waals surface area contributed by atoms with E-state index in [1.54, 1.807) is 19.2 Å². The van der Waals surface area contributed by atoms with Gasteiger partial charge < -0.3 is 10.1 Å². The Morgan fingerprint density at radius 1 is 1.41 bits per heavy atom. The Balaban J connectivity index is 2.46. The highest BCUT2D eigenvalue weighted by molar-refractivity contribution is 5.35. The number of nitriles is 1. The molecule has 0 bridgehead atoms. The summed E-state index contributed by atoms with van der Waals surface area (Å²) in [5.41, 5.74) is 0.459. The fourth-order valence-corrected chi connectivity index (χ4v) is 1.28. The van der Waals surface area contributed by atoms with Crippen LogP contribution >= 0.6 is 0 Å². The van der Waals surface area contributed by atoms with Crippen LogP contribution in [0.2, 0.25) is 0 Å². The van der Waals surface area contributed by atoms with Crippen molar-refractivity contribution >= 4 is 5.82 Å². The SMILES string of the molecule is COCCC(C)(C)CNc1ccc(C#N)nn1. The van der Waals surface area contributed by atoms with Crippen molar-refractivity contribution in [3.63, 3.8) is 0 Å². The molecular weight excluding hydrogens is 216 g/mol. The van der Waals surface area contributed by atoms with Gasteiger partial charge in [0, 0.05) is 20.3 Å². The summed E-state index contributed by atoms with van der Waals surface area (Å²) in [6.07, 6.45) is 0.972. The van der Waals surface area contributed by atoms with Crippen LogP contribution in [-0.4, -0.2) is 30.5 Å². The molecule has 0 aliphatic rings. The summed E-state index contributed by atoms with van der Waals surface area (Å²) in [5, 5.41) is 19.5. The second-order valence-electron chi connectivity index (χ2n) is 4.68. The highest BCUT2D eigenvalue weighted by Gasteiger charge is 2.17. The zero-order chi connectivity index (χ0) is 12.7. The normalized spacial score (nSPS) is 10.9. The third kappa shape index (κ3) is 4.79. The van der Waals surface area contributed by atoms with Crippen LogP contribution in [0.4, 0.5) is 5.82 Å². The molecule has 1 rings (SSSR count). The maximum Gasteiger partial charge on any atom is 0.163 e. The Morgan fingerprint density at radius 3 is 2.71 bits per heavy atom. The third-order valence-electron chi connectivity index (χ3n) is 2.51. The number of nitrogens with zero attached hydrogens (tertiary/aromatic N) is 3. The minimum absolute atomic E-state index is 0.131. The second kappa shape index (κ2) is 6.16. The predicted octanol–water partition coefficient (Wildman–Crippen LogP) is 1.82. The van der Waals surface area contributed by atoms with Gasteiger partial charge in [0.15, 0.2) is 5.69 Å². The summed E-state index contributed by atoms with van der Waals surface area (Å²) in [4.78, 5) is 0. The lowest BCUT2D eigenvalue weighted by atomic mass is 9.90. The van der Waals surface area contributed by atoms with Crippen molar-refractivity contribution in [2.24, 2.45) is 5.41 Å². The lowest BCUT2D eigenvalue weighted by Crippen LogP contribution is -2.25. The number of nitrogens with one attached hydrogen (secondary N) is 1. The number of hydrogen-bond donors (Lipinski definition) is 1. The van der Waals surface area contributed by atoms with Crippen LogP contribution in [0.5, 0.6) is 0 Å². The fourth-order valence-electron chi connectivity index (χ4n) is 1.28. The number of ether oxygens (including phenoxy) is 1. The van der Waals surface area contributed by atoms with Crippen LogP contribution in [0, 0.1) is 16.7 Å². The zero-order valence-corrected chi connectivity index (χ0v) is 10.5. The predicted molar refractivity (Wildman–Crippen MR) is 65.5 cm³/mol. The van der Waals surface area contributed by atoms with Gasteiger partial charge in [-0.2, -0.15) is 5.26 Å². The second-order valence-corrected chi connectivity index (χ2v) is 4.68. The van der Waals surface area contributed by atoms with E-state index in [1.165, 1.54) is 0 Å². The van der Waals surface area contributed by atoms with Crippen molar-refractivity contribution < 1.29 is 4.74 Å². The van der Waals surface area contributed by atoms with Crippen molar-refractivity contribution in [3.05, 3.63) is 17.8 Å². The first-order valence-electron chi connectivity index (χ1n) is 5.54. The quantitative estimate of drug-likeness (QED) is 0.813. The summed E-state index contributed by atoms with van der Waals surface area (Å²) < 4.78 is 5.07. The van der Waals surface area contributed by atoms with Gasteiger partial charge in [0.25, 0.3) is 0 Å². The van der Waals surface area contributed by atoms with Gasteiger partial charge in [-0.1, -0.05) is 13.8 Å². The standard InChI is InChI=1S/C12H18N4O/c1-12(2,6-7-17-3)9-14-11-5-4-10(8-13)15-16-11/h4-5H,6-7,9H2,1-3H3,(H,14,16). The summed E-state index contributed by atoms with van der Waals surface area (Å²) in [7, 11) is 1.70. The van der Waals surface area contributed by atoms with E-state index >= 15 is 0 Å². The van der Waals surface area contributed by atoms with E-state index in [-0.39, 0.29) is 5.41 Å². The molecule has 0 atom stereocenters. The maximum absolute atomic E-state index is 8.60. The number of anilines is 1. The fraction of sp³-hybridized carbons (Fsp3) is 0.583. The van der Waals surface area contributed by atoms with Crippen LogP contribution in [0.15, 0.2) is 12.1 Å². The van der Waals surface area contributed by atoms with Crippen molar-refractivity contribution in [2.45, 2.75) is 20.3 Å². The van der Waals surface area contributed by atoms with Gasteiger partial charge in [-0.15, -0.1) is 10.2 Å². The van der Waals surface area contributed by atoms with Crippen LogP contribution in [0.25, 0.3) is 0 Å². The molecule has 1 aromatic heterocycles. The number of hydrogen-bond acceptors (Lipinski definition) is 5. The monoisotopic (exact) mass is 234 g/mol. The third-order valence-corrected chi connectivity index (χ3v) is 2.51. The smallest absolute Gasteiger partial charge is 0.163 e. The topological polar surface area (TPSA) is 70.8 Å². The first-order chi connectivity index (χ1) is 8.07. The van der Waals surface area contributed by atoms with E-state index in [4.69, 9.17) is 10.00 Å². The molecule has 0 aliphatic carbocycles. The molecule has 92 valence electrons. The van der Waals surface area contributed by atoms with Crippen LogP contribution in [0.3, 0.4) is 0 Å². The zero-order valence-electron chi connectivity index (χ0n) is 10.5. The highest BCUT2D eigenvalue weighted by atomic mass is 16.5. The molecule has 0 unspecified atom stereocenters. The first kappa shape index (κ1) is 13.4. The van der Waals surface area contributed by atoms with Crippen molar-refractivity contribution in [1.29, 1.82) is 5.26 Å². The molecular formula is C12H18N4O. The lowest BCUT2D eigenvalue weighted by Gasteiger charge is -2.24. The molecule has 5 heteroatoms. The Hall–Kier alpha value is -1.67. The molecule has 17 heavy (non-hydrogen) atoms. The molecule has 1 aromatic rings. The Morgan fingerprint density at radius 2 is 2.18 bits per heavy atom. The van der Waals surface area contributed by atoms with Gasteiger partial charge in [0.05, 0.1) is 0 Å². The number of methoxy groups -OCH3 is 1. The average Bonchev–Trinajstić information content (AvgIpc) is 2.35. The molecule has 1 N–H and O–H groups in total. The van der Waals surface area contributed by atoms with Gasteiger partial charge in [0.1, 0.15) is 11.9 Å². The highest BCUT2D eigenvalue weighted by Crippen LogP contribution is 2.20. The minimum Gasteiger partial charge on any atom is -0.385 e. The molecule has 0 aromatic carbocycles. The van der Waals surface area contributed by atoms with Crippen molar-refractivity contribution in [1.82, 2.24) is 10.2 Å². The first-order valence-corrected chi connectivity index (χ1v) is 5.54. The Kier molecular flexibility index (Phi) is 4.85. The van der Waals surface area contributed by atoms with Crippen molar-refractivity contribution in [3.8, 4) is 6.07 Å². The van der Waals surface area contributed by atoms with E-state index in [1.807, 2.05) is 6.07 Å². The Labute approximate surface area is 102 Å². The summed E-state index contributed by atoms with van der Waals surface area (Å²) in [6, 6.07) is 5.35. The molecule has 0 saturated carbocycles. The molecule has 0 amide bonds. The summed E-state index contributed by atoms with van der Waals surface area (Å²) >= 11 is 0. The van der Waals surface area contributed by atoms with E-state index < -0.39 is 0 Å². The Bertz CT molecular complexity index is 380.